The van der Waals surface area contributed by atoms with Crippen molar-refractivity contribution in [3.63, 3.8) is 0 Å². The molecule has 1 aliphatic rings. The number of nitriles is 1. The number of benzene rings is 1. The lowest BCUT2D eigenvalue weighted by Gasteiger charge is -2.35. The van der Waals surface area contributed by atoms with E-state index in [2.05, 4.69) is 16.5 Å². The number of amides is 1. The molecule has 0 bridgehead atoms. The maximum atomic E-state index is 12.8. The van der Waals surface area contributed by atoms with Crippen LogP contribution in [0.25, 0.3) is 16.5 Å². The SMILES string of the molecule is Cc1cc2cc(Nc3ccnn4cc(C(=O)N5CC(C#N)C5)c(C)c34)ccc2o1. The van der Waals surface area contributed by atoms with Gasteiger partial charge in [0.25, 0.3) is 5.91 Å². The molecule has 0 saturated carbocycles. The van der Waals surface area contributed by atoms with E-state index in [0.717, 1.165) is 39.2 Å². The zero-order valence-corrected chi connectivity index (χ0v) is 16.1. The van der Waals surface area contributed by atoms with Gasteiger partial charge in [-0.15, -0.1) is 0 Å². The molecule has 3 aromatic heterocycles. The van der Waals surface area contributed by atoms with Crippen LogP contribution in [0.3, 0.4) is 0 Å². The quantitative estimate of drug-likeness (QED) is 0.575. The molecule has 1 fully saturated rings. The van der Waals surface area contributed by atoms with Crippen molar-refractivity contribution in [2.24, 2.45) is 5.92 Å². The summed E-state index contributed by atoms with van der Waals surface area (Å²) in [7, 11) is 0. The van der Waals surface area contributed by atoms with E-state index in [0.29, 0.717) is 18.7 Å². The third-order valence-electron chi connectivity index (χ3n) is 5.43. The molecule has 1 amide bonds. The minimum atomic E-state index is -0.0619. The normalized spacial score (nSPS) is 14.2. The average molecular weight is 385 g/mol. The molecule has 7 heteroatoms. The van der Waals surface area contributed by atoms with Gasteiger partial charge in [0.15, 0.2) is 0 Å². The zero-order valence-electron chi connectivity index (χ0n) is 16.1. The van der Waals surface area contributed by atoms with Gasteiger partial charge in [-0.05, 0) is 49.7 Å². The largest absolute Gasteiger partial charge is 0.461 e. The molecule has 144 valence electrons. The molecular formula is C22H19N5O2. The van der Waals surface area contributed by atoms with Crippen molar-refractivity contribution >= 4 is 33.8 Å². The summed E-state index contributed by atoms with van der Waals surface area (Å²) in [5, 5.41) is 17.8. The molecule has 0 spiro atoms. The van der Waals surface area contributed by atoms with Crippen molar-refractivity contribution in [2.75, 3.05) is 18.4 Å². The van der Waals surface area contributed by atoms with Crippen LogP contribution in [-0.4, -0.2) is 33.5 Å². The van der Waals surface area contributed by atoms with E-state index in [9.17, 15) is 4.79 Å². The van der Waals surface area contributed by atoms with Crippen molar-refractivity contribution in [1.29, 1.82) is 5.26 Å². The molecule has 4 heterocycles. The lowest BCUT2D eigenvalue weighted by molar-refractivity contribution is 0.0576. The first-order valence-electron chi connectivity index (χ1n) is 9.46. The number of anilines is 2. The minimum absolute atomic E-state index is 0.0549. The second kappa shape index (κ2) is 6.38. The van der Waals surface area contributed by atoms with Crippen molar-refractivity contribution in [1.82, 2.24) is 14.5 Å². The van der Waals surface area contributed by atoms with Gasteiger partial charge in [0.1, 0.15) is 11.3 Å². The van der Waals surface area contributed by atoms with Gasteiger partial charge in [-0.3, -0.25) is 4.79 Å². The van der Waals surface area contributed by atoms with E-state index < -0.39 is 0 Å². The summed E-state index contributed by atoms with van der Waals surface area (Å²) in [5.74, 6) is 0.757. The summed E-state index contributed by atoms with van der Waals surface area (Å²) in [4.78, 5) is 14.5. The van der Waals surface area contributed by atoms with E-state index in [1.54, 1.807) is 21.8 Å². The van der Waals surface area contributed by atoms with Crippen LogP contribution in [0.15, 0.2) is 47.1 Å². The summed E-state index contributed by atoms with van der Waals surface area (Å²) >= 11 is 0. The highest BCUT2D eigenvalue weighted by atomic mass is 16.3. The summed E-state index contributed by atoms with van der Waals surface area (Å²) in [6, 6.07) is 12.1. The van der Waals surface area contributed by atoms with Crippen LogP contribution in [0.5, 0.6) is 0 Å². The lowest BCUT2D eigenvalue weighted by Crippen LogP contribution is -2.49. The maximum absolute atomic E-state index is 12.8. The van der Waals surface area contributed by atoms with Crippen LogP contribution in [0.4, 0.5) is 11.4 Å². The standard InChI is InChI=1S/C22H19N5O2/c1-13-7-16-8-17(3-4-20(16)29-13)25-19-5-6-24-27-12-18(14(2)21(19)27)22(28)26-10-15(9-23)11-26/h3-8,12,15,25H,10-11H2,1-2H3. The van der Waals surface area contributed by atoms with E-state index in [-0.39, 0.29) is 11.8 Å². The molecule has 1 aliphatic heterocycles. The number of rotatable bonds is 3. The second-order valence-electron chi connectivity index (χ2n) is 7.48. The Hall–Kier alpha value is -3.79. The highest BCUT2D eigenvalue weighted by Gasteiger charge is 2.32. The van der Waals surface area contributed by atoms with Gasteiger partial charge in [-0.25, -0.2) is 4.52 Å². The van der Waals surface area contributed by atoms with Crippen LogP contribution in [0, 0.1) is 31.1 Å². The summed E-state index contributed by atoms with van der Waals surface area (Å²) in [5.41, 5.74) is 4.99. The van der Waals surface area contributed by atoms with Gasteiger partial charge < -0.3 is 14.6 Å². The summed E-state index contributed by atoms with van der Waals surface area (Å²) < 4.78 is 7.37. The molecule has 1 saturated heterocycles. The van der Waals surface area contributed by atoms with E-state index in [1.165, 1.54) is 0 Å². The number of hydrogen-bond acceptors (Lipinski definition) is 5. The lowest BCUT2D eigenvalue weighted by atomic mass is 10.0. The Labute approximate surface area is 167 Å². The van der Waals surface area contributed by atoms with Gasteiger partial charge in [-0.2, -0.15) is 10.4 Å². The Morgan fingerprint density at radius 2 is 2.10 bits per heavy atom. The number of nitrogens with one attached hydrogen (secondary N) is 1. The van der Waals surface area contributed by atoms with Crippen LogP contribution in [0.2, 0.25) is 0 Å². The Morgan fingerprint density at radius 3 is 2.90 bits per heavy atom. The van der Waals surface area contributed by atoms with Crippen LogP contribution < -0.4 is 5.32 Å². The fourth-order valence-electron chi connectivity index (χ4n) is 3.88. The number of aromatic nitrogens is 2. The van der Waals surface area contributed by atoms with Crippen molar-refractivity contribution in [3.8, 4) is 6.07 Å². The Kier molecular flexibility index (Phi) is 3.81. The molecule has 1 aromatic carbocycles. The van der Waals surface area contributed by atoms with Crippen molar-refractivity contribution < 1.29 is 9.21 Å². The molecule has 0 unspecified atom stereocenters. The zero-order chi connectivity index (χ0) is 20.1. The summed E-state index contributed by atoms with van der Waals surface area (Å²) in [6.45, 7) is 4.84. The fraction of sp³-hybridized carbons (Fsp3) is 0.227. The molecule has 0 radical (unpaired) electrons. The molecule has 4 aromatic rings. The summed E-state index contributed by atoms with van der Waals surface area (Å²) in [6.07, 6.45) is 3.47. The van der Waals surface area contributed by atoms with Crippen LogP contribution in [0.1, 0.15) is 21.7 Å². The number of fused-ring (bicyclic) bond motifs is 2. The number of likely N-dealkylation sites (tertiary alicyclic amines) is 1. The second-order valence-corrected chi connectivity index (χ2v) is 7.48. The topological polar surface area (TPSA) is 86.6 Å². The molecule has 0 aliphatic carbocycles. The van der Waals surface area contributed by atoms with Gasteiger partial charge in [0, 0.05) is 36.6 Å². The predicted octanol–water partition coefficient (Wildman–Crippen LogP) is 4.04. The highest BCUT2D eigenvalue weighted by Crippen LogP contribution is 2.30. The first-order chi connectivity index (χ1) is 14.0. The van der Waals surface area contributed by atoms with Crippen molar-refractivity contribution in [3.05, 3.63) is 59.6 Å². The highest BCUT2D eigenvalue weighted by molar-refractivity contribution is 6.00. The fourth-order valence-corrected chi connectivity index (χ4v) is 3.88. The smallest absolute Gasteiger partial charge is 0.255 e. The number of carbonyl (C=O) groups excluding carboxylic acids is 1. The van der Waals surface area contributed by atoms with Gasteiger partial charge in [0.2, 0.25) is 0 Å². The van der Waals surface area contributed by atoms with Gasteiger partial charge >= 0.3 is 0 Å². The first-order valence-corrected chi connectivity index (χ1v) is 9.46. The van der Waals surface area contributed by atoms with E-state index >= 15 is 0 Å². The van der Waals surface area contributed by atoms with E-state index in [4.69, 9.17) is 9.68 Å². The number of carbonyl (C=O) groups is 1. The number of hydrogen-bond donors (Lipinski definition) is 1. The molecule has 5 rings (SSSR count). The maximum Gasteiger partial charge on any atom is 0.255 e. The number of nitrogens with zero attached hydrogens (tertiary/aromatic N) is 4. The first kappa shape index (κ1) is 17.3. The Morgan fingerprint density at radius 1 is 1.28 bits per heavy atom. The molecule has 7 nitrogen and oxygen atoms in total. The van der Waals surface area contributed by atoms with E-state index in [1.807, 2.05) is 44.2 Å². The third kappa shape index (κ3) is 2.81. The number of aryl methyl sites for hydroxylation is 2. The minimum Gasteiger partial charge on any atom is -0.461 e. The third-order valence-corrected chi connectivity index (χ3v) is 5.43. The molecule has 1 N–H and O–H groups in total. The van der Waals surface area contributed by atoms with Crippen LogP contribution >= 0.6 is 0 Å². The van der Waals surface area contributed by atoms with Crippen molar-refractivity contribution in [2.45, 2.75) is 13.8 Å². The van der Waals surface area contributed by atoms with Gasteiger partial charge in [0.05, 0.1) is 28.8 Å². The number of furan rings is 1. The Balaban J connectivity index is 1.50. The Bertz CT molecular complexity index is 1300. The van der Waals surface area contributed by atoms with Crippen LogP contribution in [-0.2, 0) is 0 Å². The molecule has 29 heavy (non-hydrogen) atoms. The van der Waals surface area contributed by atoms with Gasteiger partial charge in [-0.1, -0.05) is 0 Å². The monoisotopic (exact) mass is 385 g/mol. The molecular weight excluding hydrogens is 366 g/mol. The molecule has 0 atom stereocenters. The average Bonchev–Trinajstić information content (AvgIpc) is 3.20. The predicted molar refractivity (Wildman–Crippen MR) is 109 cm³/mol.